The van der Waals surface area contributed by atoms with E-state index in [2.05, 4.69) is 5.32 Å². The zero-order valence-corrected chi connectivity index (χ0v) is 9.95. The number of carbonyl (C=O) groups excluding carboxylic acids is 1. The summed E-state index contributed by atoms with van der Waals surface area (Å²) in [5.41, 5.74) is 0. The molecule has 1 amide bonds. The minimum absolute atomic E-state index is 0.0161. The molecule has 0 unspecified atom stereocenters. The monoisotopic (exact) mass is 251 g/mol. The highest BCUT2D eigenvalue weighted by Crippen LogP contribution is 2.63. The van der Waals surface area contributed by atoms with Crippen molar-refractivity contribution in [3.63, 3.8) is 0 Å². The van der Waals surface area contributed by atoms with Crippen LogP contribution in [0.3, 0.4) is 0 Å². The van der Waals surface area contributed by atoms with Crippen molar-refractivity contribution in [3.8, 4) is 0 Å². The van der Waals surface area contributed by atoms with Gasteiger partial charge in [-0.15, -0.1) is 0 Å². The summed E-state index contributed by atoms with van der Waals surface area (Å²) in [7, 11) is 0. The van der Waals surface area contributed by atoms with Gasteiger partial charge in [0.15, 0.2) is 0 Å². The summed E-state index contributed by atoms with van der Waals surface area (Å²) >= 11 is 0. The Bertz CT molecular complexity index is 419. The van der Waals surface area contributed by atoms with Crippen molar-refractivity contribution in [2.24, 2.45) is 35.5 Å². The molecule has 98 valence electrons. The van der Waals surface area contributed by atoms with E-state index in [1.807, 2.05) is 12.2 Å². The number of hydrogen-bond donors (Lipinski definition) is 3. The molecule has 2 bridgehead atoms. The van der Waals surface area contributed by atoms with E-state index in [-0.39, 0.29) is 30.9 Å². The number of aliphatic hydroxyl groups is 1. The number of carbonyl (C=O) groups is 2. The second-order valence-electron chi connectivity index (χ2n) is 5.51. The molecule has 0 saturated heterocycles. The predicted molar refractivity (Wildman–Crippen MR) is 62.4 cm³/mol. The van der Waals surface area contributed by atoms with Gasteiger partial charge in [-0.3, -0.25) is 9.59 Å². The maximum atomic E-state index is 12.1. The van der Waals surface area contributed by atoms with Gasteiger partial charge >= 0.3 is 5.97 Å². The van der Waals surface area contributed by atoms with E-state index in [1.54, 1.807) is 0 Å². The number of fused-ring (bicyclic) bond motifs is 1. The third-order valence-corrected chi connectivity index (χ3v) is 4.65. The van der Waals surface area contributed by atoms with Crippen molar-refractivity contribution in [3.05, 3.63) is 12.2 Å². The number of hydrogen-bond acceptors (Lipinski definition) is 3. The van der Waals surface area contributed by atoms with Crippen molar-refractivity contribution < 1.29 is 19.8 Å². The minimum atomic E-state index is -0.871. The average Bonchev–Trinajstić information content (AvgIpc) is 3.16. The third kappa shape index (κ3) is 1.57. The molecule has 0 aliphatic heterocycles. The highest BCUT2D eigenvalue weighted by Gasteiger charge is 2.62. The molecule has 0 heterocycles. The molecule has 5 heteroatoms. The lowest BCUT2D eigenvalue weighted by atomic mass is 9.62. The Morgan fingerprint density at radius 1 is 1.17 bits per heavy atom. The summed E-state index contributed by atoms with van der Waals surface area (Å²) in [6, 6.07) is 0. The van der Waals surface area contributed by atoms with Crippen LogP contribution in [0.25, 0.3) is 0 Å². The van der Waals surface area contributed by atoms with Gasteiger partial charge < -0.3 is 15.5 Å². The molecule has 0 aromatic heterocycles. The zero-order chi connectivity index (χ0) is 12.9. The van der Waals surface area contributed by atoms with Crippen molar-refractivity contribution in [1.82, 2.24) is 5.32 Å². The van der Waals surface area contributed by atoms with Crippen molar-refractivity contribution in [2.75, 3.05) is 13.2 Å². The molecule has 0 aromatic carbocycles. The topological polar surface area (TPSA) is 86.6 Å². The number of carboxylic acid groups (broad SMARTS) is 1. The molecule has 2 saturated carbocycles. The number of allylic oxidation sites excluding steroid dienone is 2. The molecule has 5 nitrogen and oxygen atoms in total. The molecule has 6 atom stereocenters. The van der Waals surface area contributed by atoms with Crippen molar-refractivity contribution in [2.45, 2.75) is 6.42 Å². The van der Waals surface area contributed by atoms with Crippen molar-refractivity contribution >= 4 is 11.9 Å². The number of nitrogens with one attached hydrogen (secondary N) is 1. The fourth-order valence-electron chi connectivity index (χ4n) is 3.87. The van der Waals surface area contributed by atoms with Crippen LogP contribution < -0.4 is 5.32 Å². The summed E-state index contributed by atoms with van der Waals surface area (Å²) < 4.78 is 0. The molecule has 4 aliphatic carbocycles. The highest BCUT2D eigenvalue weighted by atomic mass is 16.4. The van der Waals surface area contributed by atoms with Gasteiger partial charge in [-0.05, 0) is 30.1 Å². The van der Waals surface area contributed by atoms with Crippen LogP contribution in [-0.2, 0) is 9.59 Å². The van der Waals surface area contributed by atoms with Gasteiger partial charge in [-0.25, -0.2) is 0 Å². The van der Waals surface area contributed by atoms with E-state index in [9.17, 15) is 14.7 Å². The van der Waals surface area contributed by atoms with Gasteiger partial charge in [0.25, 0.3) is 0 Å². The largest absolute Gasteiger partial charge is 0.481 e. The summed E-state index contributed by atoms with van der Waals surface area (Å²) in [6.45, 7) is 0.0725. The highest BCUT2D eigenvalue weighted by molar-refractivity contribution is 5.86. The van der Waals surface area contributed by atoms with Gasteiger partial charge in [0.05, 0.1) is 18.4 Å². The molecule has 0 radical (unpaired) electrons. The van der Waals surface area contributed by atoms with E-state index < -0.39 is 17.8 Å². The second-order valence-corrected chi connectivity index (χ2v) is 5.51. The van der Waals surface area contributed by atoms with Gasteiger partial charge in [-0.1, -0.05) is 12.2 Å². The molecular formula is C13H17NO4. The number of amides is 1. The lowest BCUT2D eigenvalue weighted by Gasteiger charge is -2.41. The number of aliphatic carboxylic acids is 1. The summed E-state index contributed by atoms with van der Waals surface area (Å²) in [4.78, 5) is 23.5. The van der Waals surface area contributed by atoms with E-state index in [0.29, 0.717) is 11.8 Å². The molecule has 18 heavy (non-hydrogen) atoms. The van der Waals surface area contributed by atoms with Gasteiger partial charge in [0.2, 0.25) is 5.91 Å². The molecular weight excluding hydrogens is 234 g/mol. The van der Waals surface area contributed by atoms with Gasteiger partial charge in [0, 0.05) is 6.54 Å². The first-order valence-electron chi connectivity index (χ1n) is 6.45. The molecule has 4 rings (SSSR count). The van der Waals surface area contributed by atoms with E-state index >= 15 is 0 Å². The van der Waals surface area contributed by atoms with Crippen LogP contribution >= 0.6 is 0 Å². The Morgan fingerprint density at radius 2 is 1.78 bits per heavy atom. The second kappa shape index (κ2) is 4.09. The minimum Gasteiger partial charge on any atom is -0.481 e. The third-order valence-electron chi connectivity index (χ3n) is 4.65. The van der Waals surface area contributed by atoms with Crippen LogP contribution in [0.4, 0.5) is 0 Å². The Hall–Kier alpha value is -1.36. The molecule has 2 fully saturated rings. The zero-order valence-electron chi connectivity index (χ0n) is 9.95. The first-order chi connectivity index (χ1) is 8.65. The summed E-state index contributed by atoms with van der Waals surface area (Å²) in [6.07, 6.45) is 5.07. The fraction of sp³-hybridized carbons (Fsp3) is 0.692. The van der Waals surface area contributed by atoms with Crippen molar-refractivity contribution in [1.29, 1.82) is 0 Å². The lowest BCUT2D eigenvalue weighted by Crippen LogP contribution is -2.50. The summed E-state index contributed by atoms with van der Waals surface area (Å²) in [5, 5.41) is 20.7. The van der Waals surface area contributed by atoms with Crippen LogP contribution in [0.2, 0.25) is 0 Å². The van der Waals surface area contributed by atoms with E-state index in [0.717, 1.165) is 6.42 Å². The van der Waals surface area contributed by atoms with Crippen LogP contribution in [-0.4, -0.2) is 35.2 Å². The molecule has 0 spiro atoms. The first kappa shape index (κ1) is 11.7. The van der Waals surface area contributed by atoms with E-state index in [1.165, 1.54) is 0 Å². The molecule has 4 aliphatic rings. The maximum absolute atomic E-state index is 12.1. The number of carboxylic acids is 1. The van der Waals surface area contributed by atoms with Crippen LogP contribution in [0.1, 0.15) is 6.42 Å². The Morgan fingerprint density at radius 3 is 2.33 bits per heavy atom. The SMILES string of the molecule is O=C(O)[C@@H]1[C@H]2C=C[C@@H]([C@H]3C[C@@H]23)[C@@H]1C(=O)NCCO. The Kier molecular flexibility index (Phi) is 2.66. The maximum Gasteiger partial charge on any atom is 0.307 e. The first-order valence-corrected chi connectivity index (χ1v) is 6.45. The number of aliphatic hydroxyl groups excluding tert-OH is 1. The average molecular weight is 251 g/mol. The van der Waals surface area contributed by atoms with Gasteiger partial charge in [0.1, 0.15) is 0 Å². The predicted octanol–water partition coefficient (Wildman–Crippen LogP) is -0.136. The van der Waals surface area contributed by atoms with Crippen LogP contribution in [0.5, 0.6) is 0 Å². The quantitative estimate of drug-likeness (QED) is 0.607. The van der Waals surface area contributed by atoms with Crippen LogP contribution in [0.15, 0.2) is 12.2 Å². The number of rotatable bonds is 4. The lowest BCUT2D eigenvalue weighted by molar-refractivity contribution is -0.153. The van der Waals surface area contributed by atoms with Crippen LogP contribution in [0, 0.1) is 35.5 Å². The van der Waals surface area contributed by atoms with E-state index in [4.69, 9.17) is 5.11 Å². The molecule has 3 N–H and O–H groups in total. The van der Waals surface area contributed by atoms with Gasteiger partial charge in [-0.2, -0.15) is 0 Å². The molecule has 0 aromatic rings. The Balaban J connectivity index is 1.84. The standard InChI is InChI=1S/C13H17NO4/c15-4-3-14-12(16)10-6-1-2-7(9-5-8(6)9)11(10)13(17)18/h1-2,6-11,15H,3-5H2,(H,14,16)(H,17,18)/t6-,7-,8+,9-,10-,11+/m0/s1. The smallest absolute Gasteiger partial charge is 0.307 e. The fourth-order valence-corrected chi connectivity index (χ4v) is 3.87. The Labute approximate surface area is 105 Å². The normalized spacial score (nSPS) is 43.4. The summed E-state index contributed by atoms with van der Waals surface area (Å²) in [5.74, 6) is -1.09.